The molecule has 0 unspecified atom stereocenters. The van der Waals surface area contributed by atoms with Crippen molar-refractivity contribution in [3.05, 3.63) is 93.5 Å². The minimum absolute atomic E-state index is 0.127. The van der Waals surface area contributed by atoms with Crippen LogP contribution in [0.1, 0.15) is 34.0 Å². The topological polar surface area (TPSA) is 42.0 Å². The predicted octanol–water partition coefficient (Wildman–Crippen LogP) is 7.10. The van der Waals surface area contributed by atoms with Crippen LogP contribution in [0.5, 0.6) is 0 Å². The van der Waals surface area contributed by atoms with Crippen LogP contribution in [-0.4, -0.2) is 10.9 Å². The molecule has 3 nitrogen and oxygen atoms in total. The van der Waals surface area contributed by atoms with Crippen LogP contribution >= 0.6 is 15.9 Å². The van der Waals surface area contributed by atoms with Gasteiger partial charge in [0.25, 0.3) is 5.91 Å². The number of rotatable bonds is 4. The lowest BCUT2D eigenvalue weighted by Crippen LogP contribution is -2.14. The standard InChI is InChI=1S/C26H23BrN2O/c1-4-18-10-12-24-20(14-18)21(15-25(28-24)19-8-6-5-7-9-19)26(30)29-23-13-11-22(27)16(2)17(23)3/h5-15H,4H2,1-3H3,(H,29,30). The molecule has 0 atom stereocenters. The van der Waals surface area contributed by atoms with Gasteiger partial charge in [0.2, 0.25) is 0 Å². The summed E-state index contributed by atoms with van der Waals surface area (Å²) in [5.74, 6) is -0.127. The van der Waals surface area contributed by atoms with E-state index < -0.39 is 0 Å². The lowest BCUT2D eigenvalue weighted by Gasteiger charge is -2.14. The Balaban J connectivity index is 1.85. The minimum atomic E-state index is -0.127. The number of pyridine rings is 1. The van der Waals surface area contributed by atoms with Crippen molar-refractivity contribution < 1.29 is 4.79 Å². The molecule has 4 heteroatoms. The Labute approximate surface area is 185 Å². The van der Waals surface area contributed by atoms with Crippen LogP contribution in [0.4, 0.5) is 5.69 Å². The molecular formula is C26H23BrN2O. The molecule has 0 bridgehead atoms. The molecule has 4 rings (SSSR count). The van der Waals surface area contributed by atoms with Gasteiger partial charge in [0, 0.05) is 21.1 Å². The molecule has 0 saturated heterocycles. The molecule has 0 aliphatic rings. The lowest BCUT2D eigenvalue weighted by atomic mass is 10.0. The molecule has 150 valence electrons. The van der Waals surface area contributed by atoms with Crippen LogP contribution in [0.3, 0.4) is 0 Å². The minimum Gasteiger partial charge on any atom is -0.322 e. The maximum atomic E-state index is 13.4. The van der Waals surface area contributed by atoms with Crippen LogP contribution in [-0.2, 0) is 6.42 Å². The fourth-order valence-electron chi connectivity index (χ4n) is 3.55. The average Bonchev–Trinajstić information content (AvgIpc) is 2.78. The van der Waals surface area contributed by atoms with Gasteiger partial charge in [0.05, 0.1) is 16.8 Å². The van der Waals surface area contributed by atoms with Gasteiger partial charge in [-0.15, -0.1) is 0 Å². The van der Waals surface area contributed by atoms with E-state index in [9.17, 15) is 4.79 Å². The first-order valence-corrected chi connectivity index (χ1v) is 10.8. The quantitative estimate of drug-likeness (QED) is 0.354. The zero-order valence-electron chi connectivity index (χ0n) is 17.3. The molecule has 3 aromatic carbocycles. The zero-order chi connectivity index (χ0) is 21.3. The number of carbonyl (C=O) groups excluding carboxylic acids is 1. The highest BCUT2D eigenvalue weighted by atomic mass is 79.9. The number of benzene rings is 3. The second kappa shape index (κ2) is 8.41. The van der Waals surface area contributed by atoms with Gasteiger partial charge in [0.15, 0.2) is 0 Å². The molecule has 0 saturated carbocycles. The first-order valence-electron chi connectivity index (χ1n) is 10.0. The Morgan fingerprint density at radius 3 is 2.47 bits per heavy atom. The number of aryl methyl sites for hydroxylation is 1. The van der Waals surface area contributed by atoms with E-state index in [2.05, 4.69) is 40.3 Å². The van der Waals surface area contributed by atoms with Crippen LogP contribution in [0, 0.1) is 13.8 Å². The molecule has 1 N–H and O–H groups in total. The summed E-state index contributed by atoms with van der Waals surface area (Å²) in [7, 11) is 0. The normalized spacial score (nSPS) is 10.9. The van der Waals surface area contributed by atoms with Gasteiger partial charge in [-0.1, -0.05) is 59.3 Å². The summed E-state index contributed by atoms with van der Waals surface area (Å²) in [4.78, 5) is 18.2. The van der Waals surface area contributed by atoms with E-state index >= 15 is 0 Å². The molecule has 4 aromatic rings. The van der Waals surface area contributed by atoms with E-state index in [0.29, 0.717) is 5.56 Å². The van der Waals surface area contributed by atoms with Gasteiger partial charge in [-0.05, 0) is 67.3 Å². The number of nitrogens with one attached hydrogen (secondary N) is 1. The van der Waals surface area contributed by atoms with Gasteiger partial charge in [0.1, 0.15) is 0 Å². The van der Waals surface area contributed by atoms with E-state index in [1.54, 1.807) is 0 Å². The molecule has 0 spiro atoms. The first-order chi connectivity index (χ1) is 14.5. The Hall–Kier alpha value is -2.98. The number of carbonyl (C=O) groups is 1. The molecule has 1 aromatic heterocycles. The molecule has 1 heterocycles. The number of hydrogen-bond acceptors (Lipinski definition) is 2. The SMILES string of the molecule is CCc1ccc2nc(-c3ccccc3)cc(C(=O)Nc3ccc(Br)c(C)c3C)c2c1. The van der Waals surface area contributed by atoms with E-state index in [4.69, 9.17) is 4.98 Å². The van der Waals surface area contributed by atoms with Gasteiger partial charge in [-0.2, -0.15) is 0 Å². The van der Waals surface area contributed by atoms with Crippen molar-refractivity contribution in [1.29, 1.82) is 0 Å². The van der Waals surface area contributed by atoms with Crippen molar-refractivity contribution in [2.75, 3.05) is 5.32 Å². The molecular weight excluding hydrogens is 436 g/mol. The summed E-state index contributed by atoms with van der Waals surface area (Å²) in [5, 5.41) is 3.99. The number of hydrogen-bond donors (Lipinski definition) is 1. The number of aromatic nitrogens is 1. The number of fused-ring (bicyclic) bond motifs is 1. The highest BCUT2D eigenvalue weighted by molar-refractivity contribution is 9.10. The van der Waals surface area contributed by atoms with Crippen molar-refractivity contribution in [3.63, 3.8) is 0 Å². The summed E-state index contributed by atoms with van der Waals surface area (Å²) in [6.07, 6.45) is 0.905. The summed E-state index contributed by atoms with van der Waals surface area (Å²) < 4.78 is 1.03. The molecule has 0 aliphatic carbocycles. The van der Waals surface area contributed by atoms with Crippen LogP contribution in [0.25, 0.3) is 22.2 Å². The number of amides is 1. The van der Waals surface area contributed by atoms with Crippen LogP contribution in [0.15, 0.2) is 71.2 Å². The van der Waals surface area contributed by atoms with Crippen LogP contribution in [0.2, 0.25) is 0 Å². The lowest BCUT2D eigenvalue weighted by molar-refractivity contribution is 0.102. The maximum Gasteiger partial charge on any atom is 0.256 e. The van der Waals surface area contributed by atoms with E-state index in [1.807, 2.05) is 68.4 Å². The van der Waals surface area contributed by atoms with Crippen molar-refractivity contribution in [3.8, 4) is 11.3 Å². The molecule has 0 radical (unpaired) electrons. The van der Waals surface area contributed by atoms with Crippen molar-refractivity contribution in [2.24, 2.45) is 0 Å². The molecule has 0 aliphatic heterocycles. The summed E-state index contributed by atoms with van der Waals surface area (Å²) in [5.41, 5.74) is 7.40. The predicted molar refractivity (Wildman–Crippen MR) is 128 cm³/mol. The second-order valence-corrected chi connectivity index (χ2v) is 8.28. The molecule has 0 fully saturated rings. The highest BCUT2D eigenvalue weighted by Crippen LogP contribution is 2.29. The fraction of sp³-hybridized carbons (Fsp3) is 0.154. The van der Waals surface area contributed by atoms with Gasteiger partial charge >= 0.3 is 0 Å². The Bertz CT molecular complexity index is 1250. The average molecular weight is 459 g/mol. The van der Waals surface area contributed by atoms with E-state index in [0.717, 1.165) is 49.9 Å². The third kappa shape index (κ3) is 3.88. The van der Waals surface area contributed by atoms with Gasteiger partial charge < -0.3 is 5.32 Å². The van der Waals surface area contributed by atoms with Gasteiger partial charge in [-0.25, -0.2) is 4.98 Å². The Morgan fingerprint density at radius 1 is 0.967 bits per heavy atom. The monoisotopic (exact) mass is 458 g/mol. The van der Waals surface area contributed by atoms with E-state index in [-0.39, 0.29) is 5.91 Å². The summed E-state index contributed by atoms with van der Waals surface area (Å²) >= 11 is 3.55. The number of nitrogens with zero attached hydrogens (tertiary/aromatic N) is 1. The van der Waals surface area contributed by atoms with Crippen LogP contribution < -0.4 is 5.32 Å². The summed E-state index contributed by atoms with van der Waals surface area (Å²) in [6.45, 7) is 6.17. The largest absolute Gasteiger partial charge is 0.322 e. The van der Waals surface area contributed by atoms with Crippen molar-refractivity contribution >= 4 is 38.4 Å². The Kier molecular flexibility index (Phi) is 5.69. The third-order valence-electron chi connectivity index (χ3n) is 5.56. The third-order valence-corrected chi connectivity index (χ3v) is 6.42. The first kappa shape index (κ1) is 20.3. The fourth-order valence-corrected chi connectivity index (χ4v) is 3.98. The maximum absolute atomic E-state index is 13.4. The Morgan fingerprint density at radius 2 is 1.73 bits per heavy atom. The molecule has 30 heavy (non-hydrogen) atoms. The highest BCUT2D eigenvalue weighted by Gasteiger charge is 2.16. The second-order valence-electron chi connectivity index (χ2n) is 7.43. The number of halogens is 1. The number of anilines is 1. The van der Waals surface area contributed by atoms with Crippen molar-refractivity contribution in [1.82, 2.24) is 4.98 Å². The zero-order valence-corrected chi connectivity index (χ0v) is 18.9. The molecule has 1 amide bonds. The van der Waals surface area contributed by atoms with Gasteiger partial charge in [-0.3, -0.25) is 4.79 Å². The van der Waals surface area contributed by atoms with E-state index in [1.165, 1.54) is 5.56 Å². The van der Waals surface area contributed by atoms with Crippen molar-refractivity contribution in [2.45, 2.75) is 27.2 Å². The smallest absolute Gasteiger partial charge is 0.256 e. The summed E-state index contributed by atoms with van der Waals surface area (Å²) in [6, 6.07) is 21.9.